The van der Waals surface area contributed by atoms with E-state index in [4.69, 9.17) is 0 Å². The number of aromatic nitrogens is 2. The van der Waals surface area contributed by atoms with E-state index in [0.29, 0.717) is 23.6 Å². The van der Waals surface area contributed by atoms with Gasteiger partial charge in [0, 0.05) is 32.7 Å². The van der Waals surface area contributed by atoms with E-state index >= 15 is 4.39 Å². The highest BCUT2D eigenvalue weighted by molar-refractivity contribution is 5.93. The largest absolute Gasteiger partial charge is 0.390 e. The highest BCUT2D eigenvalue weighted by Gasteiger charge is 2.55. The predicted octanol–water partition coefficient (Wildman–Crippen LogP) is 1.03. The first kappa shape index (κ1) is 18.4. The molecule has 5 aliphatic rings. The van der Waals surface area contributed by atoms with Crippen molar-refractivity contribution in [1.29, 1.82) is 0 Å². The van der Waals surface area contributed by atoms with Gasteiger partial charge < -0.3 is 20.6 Å². The van der Waals surface area contributed by atoms with Crippen LogP contribution in [0.3, 0.4) is 0 Å². The van der Waals surface area contributed by atoms with E-state index in [-0.39, 0.29) is 17.8 Å². The molecular weight excluding hydrogens is 361 g/mol. The Hall–Kier alpha value is -1.67. The minimum atomic E-state index is -0.545. The lowest BCUT2D eigenvalue weighted by molar-refractivity contribution is -0.137. The number of aryl methyl sites for hydroxylation is 1. The first-order valence-electron chi connectivity index (χ1n) is 10.5. The third kappa shape index (κ3) is 2.84. The number of rotatable bonds is 4. The highest BCUT2D eigenvalue weighted by atomic mass is 19.1. The summed E-state index contributed by atoms with van der Waals surface area (Å²) in [6.45, 7) is 1.72. The Morgan fingerprint density at radius 3 is 2.68 bits per heavy atom. The number of hydrogen-bond acceptors (Lipinski definition) is 5. The van der Waals surface area contributed by atoms with E-state index in [1.807, 2.05) is 11.9 Å². The molecule has 5 fully saturated rings. The Bertz CT molecular complexity index is 774. The van der Waals surface area contributed by atoms with Crippen LogP contribution in [0, 0.1) is 23.6 Å². The van der Waals surface area contributed by atoms with Crippen molar-refractivity contribution in [1.82, 2.24) is 20.4 Å². The first-order chi connectivity index (χ1) is 13.3. The molecule has 1 aromatic heterocycles. The number of hydrogen-bond donors (Lipinski definition) is 3. The molecule has 2 heterocycles. The van der Waals surface area contributed by atoms with E-state index in [1.165, 1.54) is 4.68 Å². The van der Waals surface area contributed by atoms with Gasteiger partial charge in [-0.2, -0.15) is 5.10 Å². The summed E-state index contributed by atoms with van der Waals surface area (Å²) in [5.41, 5.74) is -0.665. The van der Waals surface area contributed by atoms with Gasteiger partial charge >= 0.3 is 0 Å². The summed E-state index contributed by atoms with van der Waals surface area (Å²) in [6, 6.07) is 0.219. The number of amides is 1. The number of aliphatic hydroxyl groups is 1. The van der Waals surface area contributed by atoms with Gasteiger partial charge in [-0.25, -0.2) is 9.07 Å². The van der Waals surface area contributed by atoms with Crippen molar-refractivity contribution in [3.8, 4) is 0 Å². The highest BCUT2D eigenvalue weighted by Crippen LogP contribution is 2.55. The van der Waals surface area contributed by atoms with E-state index in [1.54, 1.807) is 7.05 Å². The molecule has 7 nitrogen and oxygen atoms in total. The normalized spacial score (nSPS) is 38.8. The molecule has 1 aliphatic heterocycles. The maximum atomic E-state index is 15.2. The topological polar surface area (TPSA) is 82.4 Å². The molecule has 1 aromatic rings. The quantitative estimate of drug-likeness (QED) is 0.714. The van der Waals surface area contributed by atoms with Crippen LogP contribution in [-0.2, 0) is 7.05 Å². The summed E-state index contributed by atoms with van der Waals surface area (Å²) in [5, 5.41) is 21.3. The molecule has 4 saturated carbocycles. The van der Waals surface area contributed by atoms with E-state index in [0.717, 1.165) is 51.6 Å². The molecule has 6 rings (SSSR count). The van der Waals surface area contributed by atoms with Gasteiger partial charge in [0.25, 0.3) is 5.91 Å². The molecule has 1 amide bonds. The Morgan fingerprint density at radius 1 is 1.36 bits per heavy atom. The van der Waals surface area contributed by atoms with Crippen LogP contribution in [0.5, 0.6) is 0 Å². The van der Waals surface area contributed by atoms with Crippen LogP contribution < -0.4 is 15.5 Å². The molecule has 28 heavy (non-hydrogen) atoms. The number of halogens is 1. The predicted molar refractivity (Wildman–Crippen MR) is 103 cm³/mol. The number of nitrogens with one attached hydrogen (secondary N) is 2. The van der Waals surface area contributed by atoms with Crippen molar-refractivity contribution in [2.45, 2.75) is 56.2 Å². The van der Waals surface area contributed by atoms with Crippen molar-refractivity contribution in [2.75, 3.05) is 25.0 Å². The minimum Gasteiger partial charge on any atom is -0.390 e. The zero-order chi connectivity index (χ0) is 19.6. The lowest BCUT2D eigenvalue weighted by Gasteiger charge is -2.58. The average Bonchev–Trinajstić information content (AvgIpc) is 3.24. The maximum Gasteiger partial charge on any atom is 0.275 e. The molecule has 0 aromatic carbocycles. The van der Waals surface area contributed by atoms with Crippen LogP contribution in [0.15, 0.2) is 0 Å². The molecule has 3 atom stereocenters. The lowest BCUT2D eigenvalue weighted by Crippen LogP contribution is -2.61. The number of likely N-dealkylation sites (N-methyl/N-ethyl adjacent to an activating group) is 1. The molecular formula is C20H30FN5O2. The zero-order valence-corrected chi connectivity index (χ0v) is 16.6. The SMILES string of the molecule is CN(c1c(F)c(C(=O)NC2C3CC4CC2CC(O)(C4)C3)nn1C)[C@H]1CCNC1. The number of nitrogens with zero attached hydrogens (tertiary/aromatic N) is 3. The fraction of sp³-hybridized carbons (Fsp3) is 0.800. The van der Waals surface area contributed by atoms with Crippen molar-refractivity contribution < 1.29 is 14.3 Å². The Balaban J connectivity index is 1.34. The molecule has 0 radical (unpaired) electrons. The van der Waals surface area contributed by atoms with Gasteiger partial charge in [0.15, 0.2) is 17.3 Å². The van der Waals surface area contributed by atoms with Crippen LogP contribution in [0.1, 0.15) is 49.0 Å². The van der Waals surface area contributed by atoms with Crippen LogP contribution in [0.25, 0.3) is 0 Å². The second-order valence-electron chi connectivity index (χ2n) is 9.56. The summed E-state index contributed by atoms with van der Waals surface area (Å²) in [7, 11) is 3.55. The molecule has 0 spiro atoms. The second-order valence-corrected chi connectivity index (χ2v) is 9.56. The Kier molecular flexibility index (Phi) is 4.21. The van der Waals surface area contributed by atoms with Crippen LogP contribution >= 0.6 is 0 Å². The molecule has 1 saturated heterocycles. The van der Waals surface area contributed by atoms with Gasteiger partial charge in [0.1, 0.15) is 0 Å². The van der Waals surface area contributed by atoms with E-state index in [2.05, 4.69) is 15.7 Å². The maximum absolute atomic E-state index is 15.2. The van der Waals surface area contributed by atoms with Gasteiger partial charge in [0.2, 0.25) is 0 Å². The summed E-state index contributed by atoms with van der Waals surface area (Å²) >= 11 is 0. The smallest absolute Gasteiger partial charge is 0.275 e. The summed E-state index contributed by atoms with van der Waals surface area (Å²) in [4.78, 5) is 14.8. The van der Waals surface area contributed by atoms with E-state index < -0.39 is 17.3 Å². The number of anilines is 1. The molecule has 3 N–H and O–H groups in total. The van der Waals surface area contributed by atoms with Crippen LogP contribution in [-0.4, -0.2) is 58.6 Å². The third-order valence-electron chi connectivity index (χ3n) is 7.63. The second kappa shape index (κ2) is 6.42. The van der Waals surface area contributed by atoms with Gasteiger partial charge in [-0.15, -0.1) is 0 Å². The molecule has 4 aliphatic carbocycles. The van der Waals surface area contributed by atoms with Crippen molar-refractivity contribution in [2.24, 2.45) is 24.8 Å². The van der Waals surface area contributed by atoms with Gasteiger partial charge in [0.05, 0.1) is 5.60 Å². The summed E-state index contributed by atoms with van der Waals surface area (Å²) < 4.78 is 16.7. The monoisotopic (exact) mass is 391 g/mol. The molecule has 4 bridgehead atoms. The third-order valence-corrected chi connectivity index (χ3v) is 7.63. The summed E-state index contributed by atoms with van der Waals surface area (Å²) in [5.74, 6) is 0.539. The standard InChI is InChI=1S/C20H30FN5O2/c1-25(14-3-4-22-10-14)19-15(21)17(24-26(19)2)18(27)23-16-12-5-11-6-13(16)9-20(28,7-11)8-12/h11-14,16,22,28H,3-10H2,1-2H3,(H,23,27)/t11?,12?,13?,14-,16?,20?/m0/s1. The van der Waals surface area contributed by atoms with Gasteiger partial charge in [-0.3, -0.25) is 4.79 Å². The molecule has 8 heteroatoms. The summed E-state index contributed by atoms with van der Waals surface area (Å²) in [6.07, 6.45) is 5.45. The lowest BCUT2D eigenvalue weighted by atomic mass is 9.52. The van der Waals surface area contributed by atoms with Gasteiger partial charge in [-0.05, 0) is 62.8 Å². The van der Waals surface area contributed by atoms with Crippen LogP contribution in [0.2, 0.25) is 0 Å². The van der Waals surface area contributed by atoms with Crippen molar-refractivity contribution >= 4 is 11.7 Å². The van der Waals surface area contributed by atoms with E-state index in [9.17, 15) is 9.90 Å². The Labute approximate surface area is 164 Å². The number of carbonyl (C=O) groups is 1. The van der Waals surface area contributed by atoms with Crippen LogP contribution in [0.4, 0.5) is 10.2 Å². The minimum absolute atomic E-state index is 0.0194. The zero-order valence-electron chi connectivity index (χ0n) is 16.6. The average molecular weight is 391 g/mol. The van der Waals surface area contributed by atoms with Gasteiger partial charge in [-0.1, -0.05) is 0 Å². The first-order valence-corrected chi connectivity index (χ1v) is 10.5. The Morgan fingerprint density at radius 2 is 2.07 bits per heavy atom. The van der Waals surface area contributed by atoms with Crippen molar-refractivity contribution in [3.63, 3.8) is 0 Å². The molecule has 154 valence electrons. The fourth-order valence-corrected chi connectivity index (χ4v) is 6.60. The fourth-order valence-electron chi connectivity index (χ4n) is 6.60. The van der Waals surface area contributed by atoms with Crippen molar-refractivity contribution in [3.05, 3.63) is 11.5 Å². The number of carbonyl (C=O) groups excluding carboxylic acids is 1. The molecule has 2 unspecified atom stereocenters.